The van der Waals surface area contributed by atoms with E-state index in [0.29, 0.717) is 22.7 Å². The van der Waals surface area contributed by atoms with Crippen LogP contribution >= 0.6 is 11.8 Å². The molecule has 0 saturated carbocycles. The van der Waals surface area contributed by atoms with E-state index < -0.39 is 0 Å². The third kappa shape index (κ3) is 4.87. The van der Waals surface area contributed by atoms with Crippen molar-refractivity contribution in [1.29, 1.82) is 0 Å². The van der Waals surface area contributed by atoms with Crippen LogP contribution in [0.4, 0.5) is 0 Å². The Bertz CT molecular complexity index is 1020. The van der Waals surface area contributed by atoms with Crippen LogP contribution in [0.3, 0.4) is 0 Å². The molecule has 154 valence electrons. The van der Waals surface area contributed by atoms with Gasteiger partial charge in [-0.25, -0.2) is 4.98 Å². The summed E-state index contributed by atoms with van der Waals surface area (Å²) in [6, 6.07) is 9.78. The SMILES string of the molecule is CCCN(CCC)C(=O)CSc1nc2cnn(C)c2c(=O)n1Cc1ccccc1. The first-order valence-corrected chi connectivity index (χ1v) is 10.9. The lowest BCUT2D eigenvalue weighted by Crippen LogP contribution is -2.34. The monoisotopic (exact) mass is 413 g/mol. The zero-order valence-corrected chi connectivity index (χ0v) is 18.0. The molecule has 0 N–H and O–H groups in total. The van der Waals surface area contributed by atoms with E-state index in [0.717, 1.165) is 31.5 Å². The average molecular weight is 414 g/mol. The third-order valence-electron chi connectivity index (χ3n) is 4.66. The standard InChI is InChI=1S/C21H27N5O2S/c1-4-11-25(12-5-2)18(27)15-29-21-23-17-13-22-24(3)19(17)20(28)26(21)14-16-9-7-6-8-10-16/h6-10,13H,4-5,11-12,14-15H2,1-3H3. The average Bonchev–Trinajstić information content (AvgIpc) is 3.10. The molecule has 0 fully saturated rings. The third-order valence-corrected chi connectivity index (χ3v) is 5.62. The molecule has 7 nitrogen and oxygen atoms in total. The van der Waals surface area contributed by atoms with Crippen molar-refractivity contribution in [2.45, 2.75) is 38.4 Å². The molecular formula is C21H27N5O2S. The molecule has 1 amide bonds. The molecule has 0 atom stereocenters. The zero-order valence-electron chi connectivity index (χ0n) is 17.2. The number of hydrogen-bond acceptors (Lipinski definition) is 5. The van der Waals surface area contributed by atoms with Crippen LogP contribution in [0.1, 0.15) is 32.3 Å². The van der Waals surface area contributed by atoms with Crippen molar-refractivity contribution in [2.75, 3.05) is 18.8 Å². The lowest BCUT2D eigenvalue weighted by molar-refractivity contribution is -0.128. The number of carbonyl (C=O) groups excluding carboxylic acids is 1. The van der Waals surface area contributed by atoms with Crippen LogP contribution in [0.15, 0.2) is 46.5 Å². The summed E-state index contributed by atoms with van der Waals surface area (Å²) >= 11 is 1.32. The highest BCUT2D eigenvalue weighted by Crippen LogP contribution is 2.19. The Kier molecular flexibility index (Phi) is 7.09. The van der Waals surface area contributed by atoms with Gasteiger partial charge in [0.15, 0.2) is 10.7 Å². The summed E-state index contributed by atoms with van der Waals surface area (Å²) in [7, 11) is 1.74. The van der Waals surface area contributed by atoms with Crippen molar-refractivity contribution in [1.82, 2.24) is 24.2 Å². The number of fused-ring (bicyclic) bond motifs is 1. The van der Waals surface area contributed by atoms with Gasteiger partial charge in [-0.05, 0) is 18.4 Å². The maximum atomic E-state index is 13.2. The number of benzene rings is 1. The van der Waals surface area contributed by atoms with E-state index in [2.05, 4.69) is 23.9 Å². The topological polar surface area (TPSA) is 73.0 Å². The van der Waals surface area contributed by atoms with Crippen LogP contribution in [-0.2, 0) is 18.4 Å². The van der Waals surface area contributed by atoms with Gasteiger partial charge in [-0.3, -0.25) is 18.8 Å². The largest absolute Gasteiger partial charge is 0.342 e. The number of aromatic nitrogens is 4. The fourth-order valence-electron chi connectivity index (χ4n) is 3.27. The van der Waals surface area contributed by atoms with Gasteiger partial charge in [0.1, 0.15) is 5.52 Å². The second-order valence-corrected chi connectivity index (χ2v) is 7.89. The lowest BCUT2D eigenvalue weighted by Gasteiger charge is -2.21. The Hall–Kier alpha value is -2.61. The highest BCUT2D eigenvalue weighted by Gasteiger charge is 2.18. The normalized spacial score (nSPS) is 11.1. The first kappa shape index (κ1) is 21.1. The summed E-state index contributed by atoms with van der Waals surface area (Å²) in [5.41, 5.74) is 1.88. The minimum atomic E-state index is -0.146. The Labute approximate surface area is 174 Å². The molecule has 2 aromatic heterocycles. The van der Waals surface area contributed by atoms with Gasteiger partial charge < -0.3 is 4.90 Å². The molecule has 1 aromatic carbocycles. The van der Waals surface area contributed by atoms with Crippen molar-refractivity contribution in [3.05, 3.63) is 52.4 Å². The molecule has 2 heterocycles. The van der Waals surface area contributed by atoms with Gasteiger partial charge in [-0.2, -0.15) is 5.10 Å². The minimum absolute atomic E-state index is 0.0745. The molecule has 0 aliphatic heterocycles. The number of nitrogens with zero attached hydrogens (tertiary/aromatic N) is 5. The summed E-state index contributed by atoms with van der Waals surface area (Å²) in [5, 5.41) is 4.72. The first-order valence-electron chi connectivity index (χ1n) is 9.92. The van der Waals surface area contributed by atoms with Gasteiger partial charge in [0.05, 0.1) is 18.5 Å². The summed E-state index contributed by atoms with van der Waals surface area (Å²) in [6.07, 6.45) is 3.44. The quantitative estimate of drug-likeness (QED) is 0.398. The van der Waals surface area contributed by atoms with E-state index in [4.69, 9.17) is 0 Å². The maximum Gasteiger partial charge on any atom is 0.280 e. The molecule has 0 unspecified atom stereocenters. The molecule has 3 aromatic rings. The second-order valence-electron chi connectivity index (χ2n) is 6.94. The molecule has 29 heavy (non-hydrogen) atoms. The number of amides is 1. The van der Waals surface area contributed by atoms with Crippen LogP contribution in [0.5, 0.6) is 0 Å². The predicted molar refractivity (Wildman–Crippen MR) is 116 cm³/mol. The van der Waals surface area contributed by atoms with Crippen LogP contribution in [0.2, 0.25) is 0 Å². The van der Waals surface area contributed by atoms with Crippen LogP contribution < -0.4 is 5.56 Å². The number of aryl methyl sites for hydroxylation is 1. The fraction of sp³-hybridized carbons (Fsp3) is 0.429. The molecule has 0 aliphatic rings. The van der Waals surface area contributed by atoms with Gasteiger partial charge in [0, 0.05) is 20.1 Å². The van der Waals surface area contributed by atoms with E-state index in [1.807, 2.05) is 35.2 Å². The summed E-state index contributed by atoms with van der Waals surface area (Å²) in [4.78, 5) is 32.4. The molecule has 0 aliphatic carbocycles. The zero-order chi connectivity index (χ0) is 20.8. The molecular weight excluding hydrogens is 386 g/mol. The number of rotatable bonds is 9. The van der Waals surface area contributed by atoms with E-state index in [-0.39, 0.29) is 17.2 Å². The summed E-state index contributed by atoms with van der Waals surface area (Å²) in [6.45, 7) is 6.03. The predicted octanol–water partition coefficient (Wildman–Crippen LogP) is 2.92. The fourth-order valence-corrected chi connectivity index (χ4v) is 4.17. The number of thioether (sulfide) groups is 1. The lowest BCUT2D eigenvalue weighted by atomic mass is 10.2. The van der Waals surface area contributed by atoms with Crippen molar-refractivity contribution >= 4 is 28.7 Å². The molecule has 0 bridgehead atoms. The van der Waals surface area contributed by atoms with Gasteiger partial charge in [-0.15, -0.1) is 0 Å². The van der Waals surface area contributed by atoms with Crippen molar-refractivity contribution < 1.29 is 4.79 Å². The number of hydrogen-bond donors (Lipinski definition) is 0. The second kappa shape index (κ2) is 9.73. The highest BCUT2D eigenvalue weighted by molar-refractivity contribution is 7.99. The first-order chi connectivity index (χ1) is 14.0. The van der Waals surface area contributed by atoms with Gasteiger partial charge >= 0.3 is 0 Å². The smallest absolute Gasteiger partial charge is 0.280 e. The van der Waals surface area contributed by atoms with Crippen LogP contribution in [-0.4, -0.2) is 49.0 Å². The van der Waals surface area contributed by atoms with Crippen molar-refractivity contribution in [3.8, 4) is 0 Å². The van der Waals surface area contributed by atoms with Crippen molar-refractivity contribution in [3.63, 3.8) is 0 Å². The van der Waals surface area contributed by atoms with E-state index in [1.54, 1.807) is 22.5 Å². The van der Waals surface area contributed by atoms with E-state index in [9.17, 15) is 9.59 Å². The van der Waals surface area contributed by atoms with Crippen molar-refractivity contribution in [2.24, 2.45) is 7.05 Å². The summed E-state index contributed by atoms with van der Waals surface area (Å²) < 4.78 is 3.19. The van der Waals surface area contributed by atoms with Gasteiger partial charge in [0.2, 0.25) is 5.91 Å². The van der Waals surface area contributed by atoms with E-state index in [1.165, 1.54) is 11.8 Å². The Morgan fingerprint density at radius 2 is 1.83 bits per heavy atom. The maximum absolute atomic E-state index is 13.2. The molecule has 0 spiro atoms. The summed E-state index contributed by atoms with van der Waals surface area (Å²) in [5.74, 6) is 0.331. The minimum Gasteiger partial charge on any atom is -0.342 e. The van der Waals surface area contributed by atoms with E-state index >= 15 is 0 Å². The molecule has 0 radical (unpaired) electrons. The molecule has 0 saturated heterocycles. The van der Waals surface area contributed by atoms with Gasteiger partial charge in [-0.1, -0.05) is 55.9 Å². The Morgan fingerprint density at radius 3 is 2.48 bits per heavy atom. The van der Waals surface area contributed by atoms with Gasteiger partial charge in [0.25, 0.3) is 5.56 Å². The highest BCUT2D eigenvalue weighted by atomic mass is 32.2. The van der Waals surface area contributed by atoms with Crippen LogP contribution in [0.25, 0.3) is 11.0 Å². The van der Waals surface area contributed by atoms with Crippen LogP contribution in [0, 0.1) is 0 Å². The molecule has 8 heteroatoms. The number of carbonyl (C=O) groups is 1. The molecule has 3 rings (SSSR count). The Balaban J connectivity index is 1.92. The Morgan fingerprint density at radius 1 is 1.14 bits per heavy atom.